The highest BCUT2D eigenvalue weighted by Crippen LogP contribution is 2.02. The molecular weight excluding hydrogens is 130 g/mol. The molecule has 0 aliphatic carbocycles. The molecule has 0 radical (unpaired) electrons. The quantitative estimate of drug-likeness (QED) is 0.558. The average Bonchev–Trinajstić information content (AvgIpc) is 1.82. The molecule has 0 fully saturated rings. The van der Waals surface area contributed by atoms with Crippen molar-refractivity contribution in [3.63, 3.8) is 0 Å². The van der Waals surface area contributed by atoms with Gasteiger partial charge in [-0.05, 0) is 12.3 Å². The summed E-state index contributed by atoms with van der Waals surface area (Å²) in [6.45, 7) is 4.67. The first-order chi connectivity index (χ1) is 4.66. The van der Waals surface area contributed by atoms with Gasteiger partial charge in [0.15, 0.2) is 0 Å². The molecular formula is C7H17NO2. The summed E-state index contributed by atoms with van der Waals surface area (Å²) in [5, 5.41) is 9.21. The van der Waals surface area contributed by atoms with Crippen LogP contribution in [0.25, 0.3) is 0 Å². The predicted molar refractivity (Wildman–Crippen MR) is 40.5 cm³/mol. The van der Waals surface area contributed by atoms with Gasteiger partial charge in [-0.15, -0.1) is 0 Å². The fraction of sp³-hybridized carbons (Fsp3) is 1.00. The average molecular weight is 147 g/mol. The molecule has 0 bridgehead atoms. The number of aliphatic hydroxyl groups excluding tert-OH is 1. The summed E-state index contributed by atoms with van der Waals surface area (Å²) in [4.78, 5) is 4.58. The molecule has 62 valence electrons. The Morgan fingerprint density at radius 3 is 2.50 bits per heavy atom. The van der Waals surface area contributed by atoms with E-state index < -0.39 is 0 Å². The fourth-order valence-corrected chi connectivity index (χ4v) is 0.807. The van der Waals surface area contributed by atoms with Crippen molar-refractivity contribution < 1.29 is 9.94 Å². The Bertz CT molecular complexity index is 76.0. The van der Waals surface area contributed by atoms with Gasteiger partial charge in [-0.25, -0.2) is 5.48 Å². The Labute approximate surface area is 62.3 Å². The smallest absolute Gasteiger partial charge is 0.0690 e. The molecule has 0 amide bonds. The van der Waals surface area contributed by atoms with Gasteiger partial charge in [0.05, 0.1) is 13.2 Å². The van der Waals surface area contributed by atoms with Gasteiger partial charge < -0.3 is 9.94 Å². The minimum Gasteiger partial charge on any atom is -0.392 e. The number of hydrogen-bond acceptors (Lipinski definition) is 3. The summed E-state index contributed by atoms with van der Waals surface area (Å²) < 4.78 is 0. The van der Waals surface area contributed by atoms with Crippen LogP contribution >= 0.6 is 0 Å². The van der Waals surface area contributed by atoms with Gasteiger partial charge in [-0.3, -0.25) is 0 Å². The molecule has 0 aliphatic rings. The van der Waals surface area contributed by atoms with E-state index in [0.717, 1.165) is 6.42 Å². The second kappa shape index (κ2) is 5.65. The number of hydroxylamine groups is 1. The Morgan fingerprint density at radius 1 is 1.50 bits per heavy atom. The molecule has 0 heterocycles. The van der Waals surface area contributed by atoms with Crippen LogP contribution in [0.2, 0.25) is 0 Å². The van der Waals surface area contributed by atoms with Crippen LogP contribution in [0.15, 0.2) is 0 Å². The first kappa shape index (κ1) is 9.88. The van der Waals surface area contributed by atoms with Gasteiger partial charge in [-0.2, -0.15) is 0 Å². The first-order valence-electron chi connectivity index (χ1n) is 3.60. The zero-order chi connectivity index (χ0) is 7.98. The summed E-state index contributed by atoms with van der Waals surface area (Å²) in [5.74, 6) is 0.536. The van der Waals surface area contributed by atoms with E-state index in [1.54, 1.807) is 7.11 Å². The highest BCUT2D eigenvalue weighted by Gasteiger charge is 2.04. The number of hydrogen-bond donors (Lipinski definition) is 2. The number of rotatable bonds is 5. The Morgan fingerprint density at radius 2 is 2.10 bits per heavy atom. The molecule has 0 spiro atoms. The molecule has 2 N–H and O–H groups in total. The van der Waals surface area contributed by atoms with Gasteiger partial charge in [0, 0.05) is 6.54 Å². The van der Waals surface area contributed by atoms with Crippen LogP contribution in [0.3, 0.4) is 0 Å². The lowest BCUT2D eigenvalue weighted by molar-refractivity contribution is 0.0434. The molecule has 0 aromatic heterocycles. The highest BCUT2D eigenvalue weighted by molar-refractivity contribution is 4.58. The summed E-state index contributed by atoms with van der Waals surface area (Å²) in [6.07, 6.45) is 0.524. The third-order valence-corrected chi connectivity index (χ3v) is 1.21. The largest absolute Gasteiger partial charge is 0.392 e. The van der Waals surface area contributed by atoms with Crippen LogP contribution in [-0.4, -0.2) is 24.9 Å². The molecule has 1 unspecified atom stereocenters. The normalized spacial score (nSPS) is 14.1. The van der Waals surface area contributed by atoms with Crippen molar-refractivity contribution >= 4 is 0 Å². The van der Waals surface area contributed by atoms with Crippen LogP contribution in [0.4, 0.5) is 0 Å². The summed E-state index contributed by atoms with van der Waals surface area (Å²) in [5.41, 5.74) is 2.60. The molecule has 3 heteroatoms. The Kier molecular flexibility index (Phi) is 5.58. The van der Waals surface area contributed by atoms with Gasteiger partial charge in [0.2, 0.25) is 0 Å². The molecule has 0 rings (SSSR count). The molecule has 3 nitrogen and oxygen atoms in total. The first-order valence-corrected chi connectivity index (χ1v) is 3.60. The second-order valence-electron chi connectivity index (χ2n) is 2.84. The predicted octanol–water partition coefficient (Wildman–Crippen LogP) is 0.544. The van der Waals surface area contributed by atoms with Crippen LogP contribution < -0.4 is 5.48 Å². The SMILES string of the molecule is CONCC(O)CC(C)C. The van der Waals surface area contributed by atoms with Gasteiger partial charge >= 0.3 is 0 Å². The minimum absolute atomic E-state index is 0.292. The van der Waals surface area contributed by atoms with Gasteiger partial charge in [0.1, 0.15) is 0 Å². The second-order valence-corrected chi connectivity index (χ2v) is 2.84. The van der Waals surface area contributed by atoms with Crippen molar-refractivity contribution in [3.8, 4) is 0 Å². The van der Waals surface area contributed by atoms with Crippen LogP contribution in [0.5, 0.6) is 0 Å². The Hall–Kier alpha value is -0.120. The topological polar surface area (TPSA) is 41.5 Å². The maximum Gasteiger partial charge on any atom is 0.0690 e. The van der Waals surface area contributed by atoms with E-state index >= 15 is 0 Å². The lowest BCUT2D eigenvalue weighted by Gasteiger charge is -2.12. The Balaban J connectivity index is 3.16. The lowest BCUT2D eigenvalue weighted by atomic mass is 10.1. The van der Waals surface area contributed by atoms with E-state index in [1.807, 2.05) is 0 Å². The third-order valence-electron chi connectivity index (χ3n) is 1.21. The molecule has 0 saturated heterocycles. The van der Waals surface area contributed by atoms with Crippen LogP contribution in [0, 0.1) is 5.92 Å². The number of aliphatic hydroxyl groups is 1. The van der Waals surface area contributed by atoms with E-state index in [4.69, 9.17) is 0 Å². The molecule has 1 atom stereocenters. The van der Waals surface area contributed by atoms with Crippen LogP contribution in [0.1, 0.15) is 20.3 Å². The summed E-state index contributed by atoms with van der Waals surface area (Å²) in [6, 6.07) is 0. The molecule has 10 heavy (non-hydrogen) atoms. The van der Waals surface area contributed by atoms with Crippen molar-refractivity contribution in [3.05, 3.63) is 0 Å². The van der Waals surface area contributed by atoms with E-state index in [9.17, 15) is 5.11 Å². The van der Waals surface area contributed by atoms with Gasteiger partial charge in [0.25, 0.3) is 0 Å². The van der Waals surface area contributed by atoms with E-state index in [0.29, 0.717) is 12.5 Å². The molecule has 0 saturated carbocycles. The molecule has 0 aromatic carbocycles. The monoisotopic (exact) mass is 147 g/mol. The minimum atomic E-state index is -0.292. The van der Waals surface area contributed by atoms with E-state index in [-0.39, 0.29) is 6.10 Å². The van der Waals surface area contributed by atoms with Gasteiger partial charge in [-0.1, -0.05) is 13.8 Å². The van der Waals surface area contributed by atoms with E-state index in [1.165, 1.54) is 0 Å². The van der Waals surface area contributed by atoms with Crippen molar-refractivity contribution in [1.82, 2.24) is 5.48 Å². The van der Waals surface area contributed by atoms with Crippen molar-refractivity contribution in [2.24, 2.45) is 5.92 Å². The highest BCUT2D eigenvalue weighted by atomic mass is 16.6. The molecule has 0 aromatic rings. The standard InChI is InChI=1S/C7H17NO2/c1-6(2)4-7(9)5-8-10-3/h6-9H,4-5H2,1-3H3. The maximum absolute atomic E-state index is 9.21. The lowest BCUT2D eigenvalue weighted by Crippen LogP contribution is -2.26. The van der Waals surface area contributed by atoms with Crippen molar-refractivity contribution in [1.29, 1.82) is 0 Å². The number of nitrogens with one attached hydrogen (secondary N) is 1. The summed E-state index contributed by atoms with van der Waals surface area (Å²) >= 11 is 0. The van der Waals surface area contributed by atoms with E-state index in [2.05, 4.69) is 24.2 Å². The van der Waals surface area contributed by atoms with Crippen molar-refractivity contribution in [2.75, 3.05) is 13.7 Å². The zero-order valence-corrected chi connectivity index (χ0v) is 6.92. The maximum atomic E-state index is 9.21. The zero-order valence-electron chi connectivity index (χ0n) is 6.92. The van der Waals surface area contributed by atoms with Crippen LogP contribution in [-0.2, 0) is 4.84 Å². The fourth-order valence-electron chi connectivity index (χ4n) is 0.807. The summed E-state index contributed by atoms with van der Waals surface area (Å²) in [7, 11) is 1.54. The third kappa shape index (κ3) is 6.01. The molecule has 0 aliphatic heterocycles. The van der Waals surface area contributed by atoms with Crippen molar-refractivity contribution in [2.45, 2.75) is 26.4 Å².